The number of aryl methyl sites for hydroxylation is 1. The predicted octanol–water partition coefficient (Wildman–Crippen LogP) is 1.45. The molecule has 0 radical (unpaired) electrons. The molecule has 2 heterocycles. The molecule has 0 aliphatic heterocycles. The Morgan fingerprint density at radius 1 is 1.61 bits per heavy atom. The Morgan fingerprint density at radius 3 is 3.00 bits per heavy atom. The van der Waals surface area contributed by atoms with Gasteiger partial charge < -0.3 is 10.5 Å². The van der Waals surface area contributed by atoms with E-state index in [2.05, 4.69) is 9.97 Å². The first-order valence-corrected chi connectivity index (χ1v) is 5.82. The van der Waals surface area contributed by atoms with Crippen molar-refractivity contribution in [2.24, 2.45) is 0 Å². The first-order chi connectivity index (χ1) is 8.56. The van der Waals surface area contributed by atoms with Gasteiger partial charge in [0.1, 0.15) is 11.6 Å². The Morgan fingerprint density at radius 2 is 2.33 bits per heavy atom. The number of esters is 1. The van der Waals surface area contributed by atoms with Gasteiger partial charge in [0.15, 0.2) is 5.65 Å². The maximum atomic E-state index is 11.8. The molecule has 0 fully saturated rings. The second-order valence-electron chi connectivity index (χ2n) is 4.07. The van der Waals surface area contributed by atoms with Crippen molar-refractivity contribution in [1.82, 2.24) is 14.5 Å². The summed E-state index contributed by atoms with van der Waals surface area (Å²) in [7, 11) is 0. The molecule has 6 nitrogen and oxygen atoms in total. The number of nitrogens with two attached hydrogens (primary N) is 1. The third-order valence-corrected chi connectivity index (χ3v) is 2.82. The number of aromatic nitrogens is 3. The van der Waals surface area contributed by atoms with Crippen molar-refractivity contribution in [3.8, 4) is 0 Å². The summed E-state index contributed by atoms with van der Waals surface area (Å²) >= 11 is 0. The van der Waals surface area contributed by atoms with Crippen molar-refractivity contribution >= 4 is 23.1 Å². The van der Waals surface area contributed by atoms with Gasteiger partial charge >= 0.3 is 5.97 Å². The van der Waals surface area contributed by atoms with E-state index in [-0.39, 0.29) is 11.9 Å². The summed E-state index contributed by atoms with van der Waals surface area (Å²) in [5, 5.41) is 0. The molecule has 2 aromatic rings. The third kappa shape index (κ3) is 1.90. The topological polar surface area (TPSA) is 83.0 Å². The molecule has 1 atom stereocenters. The molecule has 0 spiro atoms. The van der Waals surface area contributed by atoms with Gasteiger partial charge in [0.2, 0.25) is 5.95 Å². The molecule has 0 amide bonds. The van der Waals surface area contributed by atoms with E-state index in [0.717, 1.165) is 5.56 Å². The van der Waals surface area contributed by atoms with Gasteiger partial charge in [-0.25, -0.2) is 14.8 Å². The quantitative estimate of drug-likeness (QED) is 0.831. The maximum Gasteiger partial charge on any atom is 0.329 e. The van der Waals surface area contributed by atoms with E-state index in [1.54, 1.807) is 24.6 Å². The standard InChI is InChI=1S/C12H16N4O2/c1-4-18-11(17)8(3)16-10-9(15-12(16)13)7(2)5-6-14-10/h5-6,8H,4H2,1-3H3,(H2,13,15). The Labute approximate surface area is 105 Å². The SMILES string of the molecule is CCOC(=O)C(C)n1c(N)nc2c(C)ccnc21. The van der Waals surface area contributed by atoms with Crippen LogP contribution in [0.5, 0.6) is 0 Å². The van der Waals surface area contributed by atoms with Gasteiger partial charge in [0.25, 0.3) is 0 Å². The second kappa shape index (κ2) is 4.64. The van der Waals surface area contributed by atoms with Crippen molar-refractivity contribution in [3.63, 3.8) is 0 Å². The van der Waals surface area contributed by atoms with Gasteiger partial charge in [0, 0.05) is 6.20 Å². The van der Waals surface area contributed by atoms with E-state index in [9.17, 15) is 4.79 Å². The van der Waals surface area contributed by atoms with Crippen LogP contribution in [0.25, 0.3) is 11.2 Å². The number of pyridine rings is 1. The van der Waals surface area contributed by atoms with Crippen LogP contribution >= 0.6 is 0 Å². The fraction of sp³-hybridized carbons (Fsp3) is 0.417. The number of ether oxygens (including phenoxy) is 1. The molecule has 0 bridgehead atoms. The number of carbonyl (C=O) groups is 1. The highest BCUT2D eigenvalue weighted by Gasteiger charge is 2.22. The van der Waals surface area contributed by atoms with Crippen LogP contribution in [-0.2, 0) is 9.53 Å². The lowest BCUT2D eigenvalue weighted by Crippen LogP contribution is -2.20. The van der Waals surface area contributed by atoms with Crippen molar-refractivity contribution in [2.45, 2.75) is 26.8 Å². The molecule has 0 saturated carbocycles. The smallest absolute Gasteiger partial charge is 0.329 e. The maximum absolute atomic E-state index is 11.8. The van der Waals surface area contributed by atoms with Crippen LogP contribution in [0.2, 0.25) is 0 Å². The van der Waals surface area contributed by atoms with Crippen LogP contribution in [0.4, 0.5) is 5.95 Å². The minimum absolute atomic E-state index is 0.271. The highest BCUT2D eigenvalue weighted by atomic mass is 16.5. The second-order valence-corrected chi connectivity index (χ2v) is 4.07. The number of fused-ring (bicyclic) bond motifs is 1. The van der Waals surface area contributed by atoms with E-state index in [4.69, 9.17) is 10.5 Å². The Kier molecular flexibility index (Phi) is 3.18. The third-order valence-electron chi connectivity index (χ3n) is 2.82. The summed E-state index contributed by atoms with van der Waals surface area (Å²) < 4.78 is 6.59. The first-order valence-electron chi connectivity index (χ1n) is 5.82. The van der Waals surface area contributed by atoms with Gasteiger partial charge in [-0.3, -0.25) is 4.57 Å². The Hall–Kier alpha value is -2.11. The van der Waals surface area contributed by atoms with Crippen molar-refractivity contribution in [3.05, 3.63) is 17.8 Å². The van der Waals surface area contributed by atoms with Crippen LogP contribution in [0.1, 0.15) is 25.5 Å². The van der Waals surface area contributed by atoms with Crippen molar-refractivity contribution in [1.29, 1.82) is 0 Å². The lowest BCUT2D eigenvalue weighted by molar-refractivity contribution is -0.146. The number of carbonyl (C=O) groups excluding carboxylic acids is 1. The number of imidazole rings is 1. The Balaban J connectivity index is 2.54. The van der Waals surface area contributed by atoms with E-state index in [1.807, 2.05) is 13.0 Å². The molecule has 0 aliphatic carbocycles. The molecule has 0 aromatic carbocycles. The van der Waals surface area contributed by atoms with Crippen LogP contribution in [-0.4, -0.2) is 27.1 Å². The average molecular weight is 248 g/mol. The van der Waals surface area contributed by atoms with Crippen molar-refractivity contribution in [2.75, 3.05) is 12.3 Å². The molecule has 18 heavy (non-hydrogen) atoms. The zero-order chi connectivity index (χ0) is 13.3. The fourth-order valence-corrected chi connectivity index (χ4v) is 1.88. The summed E-state index contributed by atoms with van der Waals surface area (Å²) in [4.78, 5) is 20.3. The summed E-state index contributed by atoms with van der Waals surface area (Å²) in [5.41, 5.74) is 8.15. The van der Waals surface area contributed by atoms with Gasteiger partial charge in [-0.15, -0.1) is 0 Å². The van der Waals surface area contributed by atoms with E-state index < -0.39 is 6.04 Å². The van der Waals surface area contributed by atoms with Crippen LogP contribution in [0.15, 0.2) is 12.3 Å². The first kappa shape index (κ1) is 12.3. The summed E-state index contributed by atoms with van der Waals surface area (Å²) in [6.45, 7) is 5.75. The summed E-state index contributed by atoms with van der Waals surface area (Å²) in [6, 6.07) is 1.32. The predicted molar refractivity (Wildman–Crippen MR) is 68.0 cm³/mol. The number of rotatable bonds is 3. The van der Waals surface area contributed by atoms with E-state index in [1.165, 1.54) is 0 Å². The molecule has 2 N–H and O–H groups in total. The van der Waals surface area contributed by atoms with E-state index in [0.29, 0.717) is 17.8 Å². The lowest BCUT2D eigenvalue weighted by Gasteiger charge is -2.13. The molecular formula is C12H16N4O2. The number of nitrogen functional groups attached to an aromatic ring is 1. The molecule has 1 unspecified atom stereocenters. The van der Waals surface area contributed by atoms with Crippen LogP contribution in [0, 0.1) is 6.92 Å². The van der Waals surface area contributed by atoms with Gasteiger partial charge in [-0.2, -0.15) is 0 Å². The average Bonchev–Trinajstić information content (AvgIpc) is 2.66. The number of anilines is 1. The minimum Gasteiger partial charge on any atom is -0.464 e. The van der Waals surface area contributed by atoms with Crippen LogP contribution < -0.4 is 5.73 Å². The molecule has 2 rings (SSSR count). The normalized spacial score (nSPS) is 12.6. The molecular weight excluding hydrogens is 232 g/mol. The zero-order valence-corrected chi connectivity index (χ0v) is 10.7. The van der Waals surface area contributed by atoms with Gasteiger partial charge in [-0.05, 0) is 32.4 Å². The molecule has 2 aromatic heterocycles. The fourth-order valence-electron chi connectivity index (χ4n) is 1.88. The monoisotopic (exact) mass is 248 g/mol. The number of hydrogen-bond donors (Lipinski definition) is 1. The van der Waals surface area contributed by atoms with Crippen molar-refractivity contribution < 1.29 is 9.53 Å². The van der Waals surface area contributed by atoms with Crippen LogP contribution in [0.3, 0.4) is 0 Å². The molecule has 96 valence electrons. The molecule has 6 heteroatoms. The van der Waals surface area contributed by atoms with Gasteiger partial charge in [-0.1, -0.05) is 0 Å². The lowest BCUT2D eigenvalue weighted by atomic mass is 10.2. The summed E-state index contributed by atoms with van der Waals surface area (Å²) in [6.07, 6.45) is 1.67. The number of hydrogen-bond acceptors (Lipinski definition) is 5. The zero-order valence-electron chi connectivity index (χ0n) is 10.7. The molecule has 0 aliphatic rings. The van der Waals surface area contributed by atoms with Gasteiger partial charge in [0.05, 0.1) is 6.61 Å². The molecule has 0 saturated heterocycles. The minimum atomic E-state index is -0.538. The highest BCUT2D eigenvalue weighted by Crippen LogP contribution is 2.23. The largest absolute Gasteiger partial charge is 0.464 e. The summed E-state index contributed by atoms with van der Waals surface area (Å²) in [5.74, 6) is -0.0702. The number of nitrogens with zero attached hydrogens (tertiary/aromatic N) is 3. The Bertz CT molecular complexity index is 591. The highest BCUT2D eigenvalue weighted by molar-refractivity contribution is 5.82. The van der Waals surface area contributed by atoms with E-state index >= 15 is 0 Å².